The third-order valence-corrected chi connectivity index (χ3v) is 9.59. The topological polar surface area (TPSA) is 108 Å². The number of imidazole rings is 1. The fraction of sp³-hybridized carbons (Fsp3) is 0.226. The van der Waals surface area contributed by atoms with Crippen LogP contribution in [0.2, 0.25) is 0 Å². The first-order chi connectivity index (χ1) is 20.6. The first kappa shape index (κ1) is 27.7. The number of carbonyl (C=O) groups is 1. The number of esters is 1. The number of hydrogen-bond donors (Lipinski definition) is 1. The van der Waals surface area contributed by atoms with Gasteiger partial charge in [-0.25, -0.2) is 14.2 Å². The molecule has 0 amide bonds. The van der Waals surface area contributed by atoms with Gasteiger partial charge in [0.2, 0.25) is 0 Å². The Morgan fingerprint density at radius 1 is 1.19 bits per heavy atom. The number of hydrogen-bond acceptors (Lipinski definition) is 8. The number of nitriles is 1. The Kier molecular flexibility index (Phi) is 8.01. The van der Waals surface area contributed by atoms with Crippen molar-refractivity contribution in [1.82, 2.24) is 14.5 Å². The van der Waals surface area contributed by atoms with Crippen LogP contribution in [-0.4, -0.2) is 40.3 Å². The Labute approximate surface area is 244 Å². The average molecular weight is 587 g/mol. The van der Waals surface area contributed by atoms with Gasteiger partial charge in [-0.05, 0) is 42.3 Å². The number of pyridine rings is 1. The molecule has 0 bridgehead atoms. The van der Waals surface area contributed by atoms with Crippen LogP contribution >= 0.6 is 10.9 Å². The van der Waals surface area contributed by atoms with Crippen molar-refractivity contribution in [3.05, 3.63) is 100 Å². The lowest BCUT2D eigenvalue weighted by atomic mass is 10.0. The Hall–Kier alpha value is -4.50. The zero-order valence-corrected chi connectivity index (χ0v) is 23.6. The highest BCUT2D eigenvalue weighted by atomic mass is 32.2. The smallest absolute Gasteiger partial charge is 0.343 e. The number of carbonyl (C=O) groups excluding carboxylic acids is 1. The van der Waals surface area contributed by atoms with Crippen LogP contribution in [0.25, 0.3) is 17.3 Å². The molecule has 11 heteroatoms. The van der Waals surface area contributed by atoms with Crippen molar-refractivity contribution in [2.45, 2.75) is 36.5 Å². The third kappa shape index (κ3) is 5.52. The highest BCUT2D eigenvalue weighted by Gasteiger charge is 2.33. The van der Waals surface area contributed by atoms with Crippen molar-refractivity contribution in [2.75, 3.05) is 13.7 Å². The van der Waals surface area contributed by atoms with Gasteiger partial charge in [0.25, 0.3) is 0 Å². The summed E-state index contributed by atoms with van der Waals surface area (Å²) in [6.45, 7) is 1.29. The SMILES string of the molecule is COC(=O)C1=Cc2c(ncn2CC2CCO2)[SH]1Cc1ccccc1-c1ncccc1OOCc1ccc(C#N)cc1F. The quantitative estimate of drug-likeness (QED) is 0.115. The van der Waals surface area contributed by atoms with Gasteiger partial charge in [-0.1, -0.05) is 30.3 Å². The van der Waals surface area contributed by atoms with E-state index in [-0.39, 0.29) is 29.8 Å². The van der Waals surface area contributed by atoms with E-state index in [9.17, 15) is 9.18 Å². The van der Waals surface area contributed by atoms with Crippen LogP contribution < -0.4 is 4.89 Å². The summed E-state index contributed by atoms with van der Waals surface area (Å²) in [6.07, 6.45) is 6.53. The first-order valence-corrected chi connectivity index (χ1v) is 14.8. The van der Waals surface area contributed by atoms with E-state index in [0.29, 0.717) is 28.6 Å². The minimum Gasteiger partial charge on any atom is -0.465 e. The minimum atomic E-state index is -1.15. The second-order valence-electron chi connectivity index (χ2n) is 9.77. The molecular weight excluding hydrogens is 559 g/mol. The molecule has 2 aromatic heterocycles. The van der Waals surface area contributed by atoms with Crippen molar-refractivity contribution in [3.63, 3.8) is 0 Å². The van der Waals surface area contributed by atoms with Crippen LogP contribution in [-0.2, 0) is 38.1 Å². The Morgan fingerprint density at radius 3 is 2.81 bits per heavy atom. The zero-order chi connectivity index (χ0) is 29.1. The zero-order valence-electron chi connectivity index (χ0n) is 22.7. The van der Waals surface area contributed by atoms with E-state index in [4.69, 9.17) is 29.5 Å². The van der Waals surface area contributed by atoms with E-state index in [1.165, 1.54) is 19.2 Å². The largest absolute Gasteiger partial charge is 0.465 e. The van der Waals surface area contributed by atoms with E-state index in [2.05, 4.69) is 9.55 Å². The van der Waals surface area contributed by atoms with Crippen molar-refractivity contribution in [1.29, 1.82) is 5.26 Å². The van der Waals surface area contributed by atoms with Gasteiger partial charge in [-0.15, -0.1) is 0 Å². The second-order valence-corrected chi connectivity index (χ2v) is 11.8. The van der Waals surface area contributed by atoms with Crippen molar-refractivity contribution in [2.24, 2.45) is 0 Å². The van der Waals surface area contributed by atoms with E-state index in [1.807, 2.05) is 42.7 Å². The summed E-state index contributed by atoms with van der Waals surface area (Å²) in [5.74, 6) is -0.0329. The predicted molar refractivity (Wildman–Crippen MR) is 154 cm³/mol. The molecule has 2 aliphatic rings. The molecule has 0 N–H and O–H groups in total. The summed E-state index contributed by atoms with van der Waals surface area (Å²) in [5, 5.41) is 9.84. The molecule has 4 heterocycles. The number of nitrogens with zero attached hydrogens (tertiary/aromatic N) is 4. The molecule has 1 saturated heterocycles. The molecule has 214 valence electrons. The highest BCUT2D eigenvalue weighted by Crippen LogP contribution is 2.54. The van der Waals surface area contributed by atoms with Gasteiger partial charge in [0.05, 0.1) is 48.3 Å². The fourth-order valence-electron chi connectivity index (χ4n) is 4.90. The lowest BCUT2D eigenvalue weighted by Crippen LogP contribution is -2.31. The second kappa shape index (κ2) is 12.2. The van der Waals surface area contributed by atoms with E-state index >= 15 is 0 Å². The maximum atomic E-state index is 14.3. The molecule has 2 aromatic carbocycles. The third-order valence-electron chi connectivity index (χ3n) is 7.18. The maximum absolute atomic E-state index is 14.3. The number of thiol groups is 1. The number of benzene rings is 2. The molecule has 1 fully saturated rings. The number of fused-ring (bicyclic) bond motifs is 1. The van der Waals surface area contributed by atoms with Crippen molar-refractivity contribution >= 4 is 22.9 Å². The van der Waals surface area contributed by atoms with Crippen LogP contribution in [0, 0.1) is 17.1 Å². The lowest BCUT2D eigenvalue weighted by Gasteiger charge is -2.26. The fourth-order valence-corrected chi connectivity index (χ4v) is 7.31. The number of rotatable bonds is 10. The number of halogens is 1. The van der Waals surface area contributed by atoms with Gasteiger partial charge >= 0.3 is 5.97 Å². The van der Waals surface area contributed by atoms with Gasteiger partial charge in [0.1, 0.15) is 23.1 Å². The maximum Gasteiger partial charge on any atom is 0.343 e. The van der Waals surface area contributed by atoms with Crippen LogP contribution in [0.15, 0.2) is 77.1 Å². The Morgan fingerprint density at radius 2 is 2.05 bits per heavy atom. The number of methoxy groups -OCH3 is 1. The van der Waals surface area contributed by atoms with E-state index in [0.717, 1.165) is 40.9 Å². The van der Waals surface area contributed by atoms with Gasteiger partial charge in [0, 0.05) is 29.7 Å². The molecule has 0 aliphatic carbocycles. The summed E-state index contributed by atoms with van der Waals surface area (Å²) in [6, 6.07) is 17.3. The van der Waals surface area contributed by atoms with Crippen LogP contribution in [0.1, 0.15) is 28.8 Å². The van der Waals surface area contributed by atoms with Crippen LogP contribution in [0.3, 0.4) is 0 Å². The number of ether oxygens (including phenoxy) is 2. The molecule has 9 nitrogen and oxygen atoms in total. The molecule has 0 radical (unpaired) electrons. The highest BCUT2D eigenvalue weighted by molar-refractivity contribution is 8.20. The molecule has 2 unspecified atom stereocenters. The molecule has 0 spiro atoms. The Balaban J connectivity index is 1.25. The van der Waals surface area contributed by atoms with Crippen molar-refractivity contribution < 1.29 is 28.4 Å². The minimum absolute atomic E-state index is 0.157. The Bertz CT molecular complexity index is 1710. The standard InChI is InChI=1S/C31H27FN4O5S/c1-38-31(37)28-14-26-30(35-19-36(26)16-23-10-12-39-23)42(28)18-22-5-2-3-6-24(22)29-27(7-4-11-34-29)41-40-17-21-9-8-20(15-33)13-25(21)32/h2-9,11,13-14,19,23,42H,10,12,16-18H2,1H3. The summed E-state index contributed by atoms with van der Waals surface area (Å²) >= 11 is 0. The monoisotopic (exact) mass is 586 g/mol. The molecule has 6 rings (SSSR count). The molecule has 0 saturated carbocycles. The predicted octanol–water partition coefficient (Wildman–Crippen LogP) is 5.34. The van der Waals surface area contributed by atoms with Gasteiger partial charge in [-0.2, -0.15) is 21.0 Å². The summed E-state index contributed by atoms with van der Waals surface area (Å²) < 4.78 is 27.1. The first-order valence-electron chi connectivity index (χ1n) is 13.3. The average Bonchev–Trinajstić information content (AvgIpc) is 3.55. The summed E-state index contributed by atoms with van der Waals surface area (Å²) in [7, 11) is 0.235. The van der Waals surface area contributed by atoms with Gasteiger partial charge in [0.15, 0.2) is 5.75 Å². The molecule has 2 aliphatic heterocycles. The molecule has 2 atom stereocenters. The van der Waals surface area contributed by atoms with E-state index in [1.54, 1.807) is 18.3 Å². The molecule has 4 aromatic rings. The van der Waals surface area contributed by atoms with Crippen LogP contribution in [0.4, 0.5) is 4.39 Å². The number of aromatic nitrogens is 3. The molecule has 42 heavy (non-hydrogen) atoms. The molecular formula is C31H27FN4O5S. The lowest BCUT2D eigenvalue weighted by molar-refractivity contribution is -0.217. The van der Waals surface area contributed by atoms with Gasteiger partial charge < -0.3 is 18.9 Å². The normalized spacial score (nSPS) is 18.0. The van der Waals surface area contributed by atoms with E-state index < -0.39 is 16.7 Å². The van der Waals surface area contributed by atoms with Crippen LogP contribution in [0.5, 0.6) is 5.75 Å². The van der Waals surface area contributed by atoms with Gasteiger partial charge in [-0.3, -0.25) is 4.98 Å². The van der Waals surface area contributed by atoms with Crippen molar-refractivity contribution in [3.8, 4) is 23.1 Å². The summed E-state index contributed by atoms with van der Waals surface area (Å²) in [5.41, 5.74) is 3.70. The summed E-state index contributed by atoms with van der Waals surface area (Å²) in [4.78, 5) is 33.8.